The summed E-state index contributed by atoms with van der Waals surface area (Å²) < 4.78 is 4.97. The molecule has 5 nitrogen and oxygen atoms in total. The van der Waals surface area contributed by atoms with E-state index in [0.717, 1.165) is 12.1 Å². The highest BCUT2D eigenvalue weighted by molar-refractivity contribution is 5.94. The lowest BCUT2D eigenvalue weighted by Crippen LogP contribution is -2.25. The maximum absolute atomic E-state index is 12.2. The summed E-state index contributed by atoms with van der Waals surface area (Å²) in [4.78, 5) is 16.4. The molecule has 0 aliphatic carbocycles. The van der Waals surface area contributed by atoms with Crippen LogP contribution >= 0.6 is 0 Å². The molecule has 0 unspecified atom stereocenters. The molecular formula is C20H27N3O2. The second-order valence-corrected chi connectivity index (χ2v) is 6.98. The van der Waals surface area contributed by atoms with Gasteiger partial charge >= 0.3 is 0 Å². The van der Waals surface area contributed by atoms with Gasteiger partial charge < -0.3 is 15.4 Å². The summed E-state index contributed by atoms with van der Waals surface area (Å²) in [5, 5.41) is 6.12. The van der Waals surface area contributed by atoms with Crippen molar-refractivity contribution in [2.75, 3.05) is 25.6 Å². The summed E-state index contributed by atoms with van der Waals surface area (Å²) in [6, 6.07) is 11.7. The summed E-state index contributed by atoms with van der Waals surface area (Å²) >= 11 is 0. The number of nitrogens with zero attached hydrogens (tertiary/aromatic N) is 1. The standard InChI is InChI=1S/C20H27N3O2/c1-20(2,3)16-6-8-17(9-7-16)23-18-14-15(10-12-21-18)19(24)22-11-5-13-25-4/h6-10,12,14H,5,11,13H2,1-4H3,(H,21,23)(H,22,24). The normalized spacial score (nSPS) is 11.2. The third-order valence-corrected chi connectivity index (χ3v) is 3.86. The molecule has 0 radical (unpaired) electrons. The minimum Gasteiger partial charge on any atom is -0.385 e. The third kappa shape index (κ3) is 5.87. The fourth-order valence-electron chi connectivity index (χ4n) is 2.36. The van der Waals surface area contributed by atoms with Gasteiger partial charge in [-0.25, -0.2) is 4.98 Å². The highest BCUT2D eigenvalue weighted by Crippen LogP contribution is 2.24. The van der Waals surface area contributed by atoms with Crippen molar-refractivity contribution in [1.82, 2.24) is 10.3 Å². The topological polar surface area (TPSA) is 63.2 Å². The first-order valence-corrected chi connectivity index (χ1v) is 8.51. The van der Waals surface area contributed by atoms with Crippen LogP contribution in [0.1, 0.15) is 43.1 Å². The van der Waals surface area contributed by atoms with E-state index < -0.39 is 0 Å². The zero-order valence-corrected chi connectivity index (χ0v) is 15.4. The number of carbonyl (C=O) groups excluding carboxylic acids is 1. The van der Waals surface area contributed by atoms with Crippen molar-refractivity contribution in [3.05, 3.63) is 53.7 Å². The van der Waals surface area contributed by atoms with Gasteiger partial charge in [0.15, 0.2) is 0 Å². The van der Waals surface area contributed by atoms with Gasteiger partial charge in [0.25, 0.3) is 5.91 Å². The Hall–Kier alpha value is -2.40. The first kappa shape index (κ1) is 18.9. The van der Waals surface area contributed by atoms with Gasteiger partial charge in [0, 0.05) is 37.7 Å². The zero-order chi connectivity index (χ0) is 18.3. The van der Waals surface area contributed by atoms with Crippen LogP contribution in [0.5, 0.6) is 0 Å². The number of methoxy groups -OCH3 is 1. The molecule has 134 valence electrons. The lowest BCUT2D eigenvalue weighted by Gasteiger charge is -2.19. The number of rotatable bonds is 7. The molecule has 0 saturated heterocycles. The van der Waals surface area contributed by atoms with Crippen LogP contribution in [0.15, 0.2) is 42.6 Å². The van der Waals surface area contributed by atoms with Crippen molar-refractivity contribution in [1.29, 1.82) is 0 Å². The molecule has 0 atom stereocenters. The number of nitrogens with one attached hydrogen (secondary N) is 2. The van der Waals surface area contributed by atoms with E-state index in [9.17, 15) is 4.79 Å². The maximum atomic E-state index is 12.2. The summed E-state index contributed by atoms with van der Waals surface area (Å²) in [7, 11) is 1.65. The number of benzene rings is 1. The van der Waals surface area contributed by atoms with Gasteiger partial charge in [-0.3, -0.25) is 4.79 Å². The Morgan fingerprint density at radius 2 is 1.88 bits per heavy atom. The van der Waals surface area contributed by atoms with Gasteiger partial charge in [-0.1, -0.05) is 32.9 Å². The number of hydrogen-bond acceptors (Lipinski definition) is 4. The highest BCUT2D eigenvalue weighted by atomic mass is 16.5. The maximum Gasteiger partial charge on any atom is 0.251 e. The van der Waals surface area contributed by atoms with Crippen LogP contribution in [0.3, 0.4) is 0 Å². The zero-order valence-electron chi connectivity index (χ0n) is 15.4. The number of ether oxygens (including phenoxy) is 1. The molecule has 0 bridgehead atoms. The van der Waals surface area contributed by atoms with Crippen LogP contribution in [-0.2, 0) is 10.2 Å². The second-order valence-electron chi connectivity index (χ2n) is 6.98. The quantitative estimate of drug-likeness (QED) is 0.750. The van der Waals surface area contributed by atoms with E-state index in [1.54, 1.807) is 25.4 Å². The average molecular weight is 341 g/mol. The molecule has 0 saturated carbocycles. The van der Waals surface area contributed by atoms with Gasteiger partial charge in [-0.15, -0.1) is 0 Å². The molecule has 2 N–H and O–H groups in total. The van der Waals surface area contributed by atoms with Crippen LogP contribution in [-0.4, -0.2) is 31.2 Å². The molecule has 0 spiro atoms. The molecule has 0 aliphatic rings. The van der Waals surface area contributed by atoms with E-state index in [-0.39, 0.29) is 11.3 Å². The first-order valence-electron chi connectivity index (χ1n) is 8.51. The average Bonchev–Trinajstić information content (AvgIpc) is 2.58. The van der Waals surface area contributed by atoms with Gasteiger partial charge in [0.05, 0.1) is 0 Å². The molecule has 1 aromatic carbocycles. The molecule has 0 aliphatic heterocycles. The van der Waals surface area contributed by atoms with Gasteiger partial charge in [-0.05, 0) is 41.7 Å². The smallest absolute Gasteiger partial charge is 0.251 e. The molecule has 2 aromatic rings. The molecular weight excluding hydrogens is 314 g/mol. The Kier molecular flexibility index (Phi) is 6.53. The van der Waals surface area contributed by atoms with Crippen molar-refractivity contribution < 1.29 is 9.53 Å². The number of pyridine rings is 1. The van der Waals surface area contributed by atoms with Crippen molar-refractivity contribution in [2.45, 2.75) is 32.6 Å². The third-order valence-electron chi connectivity index (χ3n) is 3.86. The van der Waals surface area contributed by atoms with Crippen molar-refractivity contribution in [3.8, 4) is 0 Å². The number of hydrogen-bond donors (Lipinski definition) is 2. The van der Waals surface area contributed by atoms with E-state index >= 15 is 0 Å². The van der Waals surface area contributed by atoms with Crippen molar-refractivity contribution in [2.24, 2.45) is 0 Å². The summed E-state index contributed by atoms with van der Waals surface area (Å²) in [6.07, 6.45) is 2.43. The Labute approximate surface area is 149 Å². The van der Waals surface area contributed by atoms with Gasteiger partial charge in [-0.2, -0.15) is 0 Å². The highest BCUT2D eigenvalue weighted by Gasteiger charge is 2.13. The molecule has 2 rings (SSSR count). The fourth-order valence-corrected chi connectivity index (χ4v) is 2.36. The monoisotopic (exact) mass is 341 g/mol. The van der Waals surface area contributed by atoms with Crippen LogP contribution in [0, 0.1) is 0 Å². The van der Waals surface area contributed by atoms with E-state index in [2.05, 4.69) is 48.5 Å². The lowest BCUT2D eigenvalue weighted by atomic mass is 9.87. The number of carbonyl (C=O) groups is 1. The predicted octanol–water partition coefficient (Wildman–Crippen LogP) is 3.89. The Morgan fingerprint density at radius 3 is 2.52 bits per heavy atom. The molecule has 25 heavy (non-hydrogen) atoms. The van der Waals surface area contributed by atoms with Gasteiger partial charge in [0.2, 0.25) is 0 Å². The molecule has 1 heterocycles. The van der Waals surface area contributed by atoms with Crippen LogP contribution in [0.4, 0.5) is 11.5 Å². The largest absolute Gasteiger partial charge is 0.385 e. The number of amides is 1. The minimum absolute atomic E-state index is 0.107. The van der Waals surface area contributed by atoms with E-state index in [0.29, 0.717) is 24.5 Å². The summed E-state index contributed by atoms with van der Waals surface area (Å²) in [5.74, 6) is 0.540. The first-order chi connectivity index (χ1) is 11.9. The van der Waals surface area contributed by atoms with Crippen molar-refractivity contribution in [3.63, 3.8) is 0 Å². The van der Waals surface area contributed by atoms with Crippen LogP contribution in [0.2, 0.25) is 0 Å². The molecule has 1 amide bonds. The Bertz CT molecular complexity index is 691. The Balaban J connectivity index is 2.00. The SMILES string of the molecule is COCCCNC(=O)c1ccnc(Nc2ccc(C(C)(C)C)cc2)c1. The van der Waals surface area contributed by atoms with Crippen molar-refractivity contribution >= 4 is 17.4 Å². The van der Waals surface area contributed by atoms with Gasteiger partial charge in [0.1, 0.15) is 5.82 Å². The van der Waals surface area contributed by atoms with E-state index in [4.69, 9.17) is 4.74 Å². The molecule has 5 heteroatoms. The van der Waals surface area contributed by atoms with Crippen LogP contribution in [0.25, 0.3) is 0 Å². The van der Waals surface area contributed by atoms with Crippen LogP contribution < -0.4 is 10.6 Å². The number of aromatic nitrogens is 1. The fraction of sp³-hybridized carbons (Fsp3) is 0.400. The molecule has 1 aromatic heterocycles. The predicted molar refractivity (Wildman–Crippen MR) is 101 cm³/mol. The number of anilines is 2. The Morgan fingerprint density at radius 1 is 1.16 bits per heavy atom. The lowest BCUT2D eigenvalue weighted by molar-refractivity contribution is 0.0948. The summed E-state index contributed by atoms with van der Waals surface area (Å²) in [5.41, 5.74) is 2.92. The second kappa shape index (κ2) is 8.62. The summed E-state index contributed by atoms with van der Waals surface area (Å²) in [6.45, 7) is 7.78. The van der Waals surface area contributed by atoms with E-state index in [1.165, 1.54) is 5.56 Å². The van der Waals surface area contributed by atoms with E-state index in [1.807, 2.05) is 12.1 Å². The molecule has 0 fully saturated rings. The minimum atomic E-state index is -0.107.